The molecule has 0 saturated heterocycles. The Hall–Kier alpha value is -7.04. The molecule has 0 bridgehead atoms. The van der Waals surface area contributed by atoms with Gasteiger partial charge in [0.25, 0.3) is 0 Å². The van der Waals surface area contributed by atoms with Crippen molar-refractivity contribution < 1.29 is 0 Å². The molecule has 4 heteroatoms. The minimum Gasteiger partial charge on any atom is -0.264 e. The quantitative estimate of drug-likeness (QED) is 0.172. The molecule has 0 fully saturated rings. The molecule has 10 aromatic rings. The molecular weight excluding hydrogens is 633 g/mol. The van der Waals surface area contributed by atoms with Crippen molar-refractivity contribution >= 4 is 43.1 Å². The summed E-state index contributed by atoms with van der Waals surface area (Å²) in [5, 5.41) is 9.52. The summed E-state index contributed by atoms with van der Waals surface area (Å²) in [6.07, 6.45) is 3.81. The zero-order chi connectivity index (χ0) is 34.4. The summed E-state index contributed by atoms with van der Waals surface area (Å²) in [6, 6.07) is 59.7. The van der Waals surface area contributed by atoms with E-state index in [1.807, 2.05) is 18.5 Å². The molecule has 52 heavy (non-hydrogen) atoms. The molecule has 8 aromatic carbocycles. The molecule has 2 heterocycles. The van der Waals surface area contributed by atoms with Gasteiger partial charge in [0.15, 0.2) is 17.5 Å². The van der Waals surface area contributed by atoms with Crippen LogP contribution < -0.4 is 0 Å². The molecule has 10 rings (SSSR count). The van der Waals surface area contributed by atoms with Crippen LogP contribution in [0.4, 0.5) is 0 Å². The maximum Gasteiger partial charge on any atom is 0.164 e. The van der Waals surface area contributed by atoms with Crippen LogP contribution >= 0.6 is 0 Å². The lowest BCUT2D eigenvalue weighted by molar-refractivity contribution is 1.07. The predicted molar refractivity (Wildman–Crippen MR) is 215 cm³/mol. The van der Waals surface area contributed by atoms with Crippen molar-refractivity contribution in [1.82, 2.24) is 19.9 Å². The van der Waals surface area contributed by atoms with E-state index in [-0.39, 0.29) is 0 Å². The van der Waals surface area contributed by atoms with Crippen LogP contribution in [0.2, 0.25) is 0 Å². The van der Waals surface area contributed by atoms with Gasteiger partial charge < -0.3 is 0 Å². The van der Waals surface area contributed by atoms with E-state index >= 15 is 0 Å². The van der Waals surface area contributed by atoms with E-state index in [4.69, 9.17) is 15.0 Å². The Bertz CT molecular complexity index is 2950. The second-order valence-corrected chi connectivity index (χ2v) is 13.1. The Morgan fingerprint density at radius 2 is 0.885 bits per heavy atom. The second kappa shape index (κ2) is 12.4. The van der Waals surface area contributed by atoms with Gasteiger partial charge in [-0.1, -0.05) is 146 Å². The molecule has 0 radical (unpaired) electrons. The van der Waals surface area contributed by atoms with Gasteiger partial charge in [0.05, 0.1) is 0 Å². The normalized spacial score (nSPS) is 11.5. The maximum atomic E-state index is 5.12. The van der Waals surface area contributed by atoms with E-state index in [0.717, 1.165) is 38.6 Å². The number of pyridine rings is 1. The molecule has 0 unspecified atom stereocenters. The third-order valence-electron chi connectivity index (χ3n) is 9.96. The summed E-state index contributed by atoms with van der Waals surface area (Å²) in [5.74, 6) is 1.90. The number of hydrogen-bond acceptors (Lipinski definition) is 4. The molecular formula is C48H30N4. The Morgan fingerprint density at radius 3 is 1.71 bits per heavy atom. The van der Waals surface area contributed by atoms with E-state index in [9.17, 15) is 0 Å². The van der Waals surface area contributed by atoms with Crippen molar-refractivity contribution in [2.45, 2.75) is 0 Å². The third kappa shape index (κ3) is 5.26. The van der Waals surface area contributed by atoms with Crippen LogP contribution in [-0.4, -0.2) is 19.9 Å². The molecule has 2 aromatic heterocycles. The highest BCUT2D eigenvalue weighted by molar-refractivity contribution is 6.23. The number of hydrogen-bond donors (Lipinski definition) is 0. The van der Waals surface area contributed by atoms with Crippen LogP contribution in [0.3, 0.4) is 0 Å². The van der Waals surface area contributed by atoms with Crippen LogP contribution in [0.5, 0.6) is 0 Å². The zero-order valence-corrected chi connectivity index (χ0v) is 28.1. The average Bonchev–Trinajstić information content (AvgIpc) is 3.23. The molecule has 0 amide bonds. The fourth-order valence-corrected chi connectivity index (χ4v) is 7.37. The first kappa shape index (κ1) is 29.8. The van der Waals surface area contributed by atoms with Crippen LogP contribution in [0.25, 0.3) is 99.5 Å². The molecule has 0 aliphatic rings. The van der Waals surface area contributed by atoms with E-state index in [1.54, 1.807) is 0 Å². The molecule has 0 saturated carbocycles. The van der Waals surface area contributed by atoms with Crippen molar-refractivity contribution in [2.24, 2.45) is 0 Å². The number of fused-ring (bicyclic) bond motifs is 6. The second-order valence-electron chi connectivity index (χ2n) is 13.1. The Morgan fingerprint density at radius 1 is 0.308 bits per heavy atom. The lowest BCUT2D eigenvalue weighted by Gasteiger charge is -2.14. The average molecular weight is 663 g/mol. The van der Waals surface area contributed by atoms with E-state index in [1.165, 1.54) is 43.4 Å². The predicted octanol–water partition coefficient (Wildman–Crippen LogP) is 12.2. The van der Waals surface area contributed by atoms with Gasteiger partial charge in [-0.2, -0.15) is 0 Å². The molecule has 0 N–H and O–H groups in total. The monoisotopic (exact) mass is 662 g/mol. The van der Waals surface area contributed by atoms with Gasteiger partial charge in [-0.15, -0.1) is 0 Å². The maximum absolute atomic E-state index is 5.12. The Kier molecular flexibility index (Phi) is 7.10. The lowest BCUT2D eigenvalue weighted by atomic mass is 9.90. The minimum atomic E-state index is 0.630. The number of nitrogens with zero attached hydrogens (tertiary/aromatic N) is 4. The highest BCUT2D eigenvalue weighted by Crippen LogP contribution is 2.39. The van der Waals surface area contributed by atoms with Gasteiger partial charge >= 0.3 is 0 Å². The topological polar surface area (TPSA) is 51.6 Å². The molecule has 0 spiro atoms. The summed E-state index contributed by atoms with van der Waals surface area (Å²) >= 11 is 0. The van der Waals surface area contributed by atoms with E-state index in [0.29, 0.717) is 17.5 Å². The lowest BCUT2D eigenvalue weighted by Crippen LogP contribution is -2.00. The minimum absolute atomic E-state index is 0.630. The highest BCUT2D eigenvalue weighted by Gasteiger charge is 2.16. The zero-order valence-electron chi connectivity index (χ0n) is 28.1. The third-order valence-corrected chi connectivity index (χ3v) is 9.96. The smallest absolute Gasteiger partial charge is 0.164 e. The largest absolute Gasteiger partial charge is 0.264 e. The standard InChI is InChI=1S/C48H30N4/c1-2-9-31(10-3-1)33-17-20-34(21-18-33)46-50-47(52-48(51-46)39-23-19-32-11-4-5-12-35(32)27-39)38-14-8-13-36(28-38)44-29-37-22-24-40-30-49-26-25-41(40)45(37)43-16-7-6-15-42(43)44/h1-30H. The van der Waals surface area contributed by atoms with Gasteiger partial charge in [0.1, 0.15) is 0 Å². The van der Waals surface area contributed by atoms with Crippen molar-refractivity contribution in [3.8, 4) is 56.4 Å². The molecule has 242 valence electrons. The Labute approximate surface area is 300 Å². The van der Waals surface area contributed by atoms with Crippen molar-refractivity contribution in [3.05, 3.63) is 182 Å². The van der Waals surface area contributed by atoms with E-state index < -0.39 is 0 Å². The van der Waals surface area contributed by atoms with Gasteiger partial charge in [0, 0.05) is 34.5 Å². The molecule has 0 atom stereocenters. The summed E-state index contributed by atoms with van der Waals surface area (Å²) in [7, 11) is 0. The molecule has 0 aliphatic carbocycles. The number of benzene rings is 8. The highest BCUT2D eigenvalue weighted by atomic mass is 15.0. The Balaban J connectivity index is 1.14. The summed E-state index contributed by atoms with van der Waals surface area (Å²) in [6.45, 7) is 0. The summed E-state index contributed by atoms with van der Waals surface area (Å²) in [5.41, 5.74) is 7.40. The molecule has 0 aliphatic heterocycles. The van der Waals surface area contributed by atoms with Crippen LogP contribution in [0, 0.1) is 0 Å². The van der Waals surface area contributed by atoms with Crippen molar-refractivity contribution in [3.63, 3.8) is 0 Å². The van der Waals surface area contributed by atoms with Crippen molar-refractivity contribution in [2.75, 3.05) is 0 Å². The van der Waals surface area contributed by atoms with Crippen LogP contribution in [0.15, 0.2) is 182 Å². The van der Waals surface area contributed by atoms with E-state index in [2.05, 4.69) is 169 Å². The van der Waals surface area contributed by atoms with Gasteiger partial charge in [-0.05, 0) is 84.2 Å². The first-order valence-corrected chi connectivity index (χ1v) is 17.5. The summed E-state index contributed by atoms with van der Waals surface area (Å²) in [4.78, 5) is 19.7. The van der Waals surface area contributed by atoms with Crippen LogP contribution in [0.1, 0.15) is 0 Å². The van der Waals surface area contributed by atoms with Crippen LogP contribution in [-0.2, 0) is 0 Å². The number of rotatable bonds is 5. The fraction of sp³-hybridized carbons (Fsp3) is 0. The first-order valence-electron chi connectivity index (χ1n) is 17.5. The summed E-state index contributed by atoms with van der Waals surface area (Å²) < 4.78 is 0. The van der Waals surface area contributed by atoms with Gasteiger partial charge in [0.2, 0.25) is 0 Å². The SMILES string of the molecule is c1ccc(-c2ccc(-c3nc(-c4cccc(-c5cc6ccc7cnccc7c6c6ccccc56)c4)nc(-c4ccc5ccccc5c4)n3)cc2)cc1. The van der Waals surface area contributed by atoms with Gasteiger partial charge in [-0.3, -0.25) is 4.98 Å². The van der Waals surface area contributed by atoms with Gasteiger partial charge in [-0.25, -0.2) is 15.0 Å². The first-order chi connectivity index (χ1) is 25.7. The number of aromatic nitrogens is 4. The molecule has 4 nitrogen and oxygen atoms in total. The fourth-order valence-electron chi connectivity index (χ4n) is 7.37. The van der Waals surface area contributed by atoms with Crippen molar-refractivity contribution in [1.29, 1.82) is 0 Å².